The number of hydrogen-bond donors (Lipinski definition) is 2. The summed E-state index contributed by atoms with van der Waals surface area (Å²) >= 11 is 0. The lowest BCUT2D eigenvalue weighted by atomic mass is 10.1. The van der Waals surface area contributed by atoms with Gasteiger partial charge in [0.05, 0.1) is 12.2 Å². The fraction of sp³-hybridized carbons (Fsp3) is 0.278. The fourth-order valence-electron chi connectivity index (χ4n) is 2.61. The monoisotopic (exact) mass is 326 g/mol. The van der Waals surface area contributed by atoms with E-state index >= 15 is 0 Å². The maximum Gasteiger partial charge on any atom is 0.248 e. The zero-order valence-electron chi connectivity index (χ0n) is 14.0. The van der Waals surface area contributed by atoms with Crippen LogP contribution in [-0.2, 0) is 17.8 Å². The van der Waals surface area contributed by atoms with Crippen molar-refractivity contribution in [2.24, 2.45) is 5.73 Å². The lowest BCUT2D eigenvalue weighted by molar-refractivity contribution is -0.116. The molecule has 1 aromatic heterocycles. The van der Waals surface area contributed by atoms with Gasteiger partial charge >= 0.3 is 0 Å². The van der Waals surface area contributed by atoms with Crippen molar-refractivity contribution in [3.05, 3.63) is 59.4 Å². The number of primary amides is 1. The summed E-state index contributed by atoms with van der Waals surface area (Å²) in [6.07, 6.45) is 2.74. The van der Waals surface area contributed by atoms with Gasteiger partial charge in [-0.2, -0.15) is 5.10 Å². The molecular weight excluding hydrogens is 304 g/mol. The lowest BCUT2D eigenvalue weighted by Crippen LogP contribution is -2.15. The van der Waals surface area contributed by atoms with Crippen LogP contribution < -0.4 is 11.1 Å². The highest BCUT2D eigenvalue weighted by Crippen LogP contribution is 2.16. The summed E-state index contributed by atoms with van der Waals surface area (Å²) in [5.74, 6) is -0.640. The van der Waals surface area contributed by atoms with Crippen molar-refractivity contribution in [2.45, 2.75) is 33.2 Å². The normalized spacial score (nSPS) is 10.4. The van der Waals surface area contributed by atoms with Crippen LogP contribution in [0.3, 0.4) is 0 Å². The van der Waals surface area contributed by atoms with Crippen molar-refractivity contribution in [1.29, 1.82) is 0 Å². The van der Waals surface area contributed by atoms with E-state index < -0.39 is 5.91 Å². The molecule has 6 nitrogen and oxygen atoms in total. The minimum absolute atomic E-state index is 0.119. The Hall–Kier alpha value is -2.89. The number of nitrogens with two attached hydrogens (primary N) is 1. The molecule has 126 valence electrons. The Morgan fingerprint density at radius 3 is 2.79 bits per heavy atom. The highest BCUT2D eigenvalue weighted by atomic mass is 16.2. The van der Waals surface area contributed by atoms with Crippen molar-refractivity contribution in [2.75, 3.05) is 5.32 Å². The third kappa shape index (κ3) is 4.10. The van der Waals surface area contributed by atoms with Gasteiger partial charge in [-0.25, -0.2) is 0 Å². The summed E-state index contributed by atoms with van der Waals surface area (Å²) < 4.78 is 1.88. The summed E-state index contributed by atoms with van der Waals surface area (Å²) in [5.41, 5.74) is 9.23. The Labute approximate surface area is 141 Å². The Balaban J connectivity index is 2.00. The van der Waals surface area contributed by atoms with Crippen LogP contribution in [0.25, 0.3) is 0 Å². The summed E-state index contributed by atoms with van der Waals surface area (Å²) in [7, 11) is 0. The van der Waals surface area contributed by atoms with Gasteiger partial charge in [0, 0.05) is 23.4 Å². The molecule has 24 heavy (non-hydrogen) atoms. The molecule has 0 saturated carbocycles. The first-order valence-electron chi connectivity index (χ1n) is 7.76. The van der Waals surface area contributed by atoms with E-state index in [0.717, 1.165) is 17.0 Å². The fourth-order valence-corrected chi connectivity index (χ4v) is 2.61. The van der Waals surface area contributed by atoms with Crippen molar-refractivity contribution in [3.63, 3.8) is 0 Å². The number of aryl methyl sites for hydroxylation is 1. The van der Waals surface area contributed by atoms with Crippen LogP contribution in [0.4, 0.5) is 5.69 Å². The molecule has 0 aliphatic heterocycles. The predicted octanol–water partition coefficient (Wildman–Crippen LogP) is 2.36. The van der Waals surface area contributed by atoms with E-state index in [1.54, 1.807) is 30.3 Å². The number of rotatable bonds is 7. The first kappa shape index (κ1) is 17.5. The van der Waals surface area contributed by atoms with Gasteiger partial charge in [0.25, 0.3) is 0 Å². The van der Waals surface area contributed by atoms with Crippen LogP contribution in [0.1, 0.15) is 33.7 Å². The molecule has 6 heteroatoms. The Morgan fingerprint density at radius 1 is 1.38 bits per heavy atom. The van der Waals surface area contributed by atoms with Gasteiger partial charge in [0.2, 0.25) is 11.8 Å². The largest absolute Gasteiger partial charge is 0.366 e. The number of nitrogens with one attached hydrogen (secondary N) is 1. The van der Waals surface area contributed by atoms with E-state index in [1.165, 1.54) is 0 Å². The molecule has 0 unspecified atom stereocenters. The Morgan fingerprint density at radius 2 is 2.12 bits per heavy atom. The molecule has 2 rings (SSSR count). The SMILES string of the molecule is C=CCn1nc(C)c(CCC(=O)Nc2cccc(C(N)=O)c2)c1C. The molecule has 0 bridgehead atoms. The van der Waals surface area contributed by atoms with Gasteiger partial charge < -0.3 is 11.1 Å². The second kappa shape index (κ2) is 7.59. The van der Waals surface area contributed by atoms with Crippen LogP contribution in [0.5, 0.6) is 0 Å². The van der Waals surface area contributed by atoms with Crippen LogP contribution >= 0.6 is 0 Å². The Kier molecular flexibility index (Phi) is 5.52. The second-order valence-corrected chi connectivity index (χ2v) is 5.61. The van der Waals surface area contributed by atoms with Gasteiger partial charge in [0.15, 0.2) is 0 Å². The van der Waals surface area contributed by atoms with E-state index in [-0.39, 0.29) is 5.91 Å². The lowest BCUT2D eigenvalue weighted by Gasteiger charge is -2.07. The first-order valence-corrected chi connectivity index (χ1v) is 7.76. The molecule has 0 fully saturated rings. The van der Waals surface area contributed by atoms with E-state index in [0.29, 0.717) is 30.6 Å². The predicted molar refractivity (Wildman–Crippen MR) is 93.8 cm³/mol. The minimum Gasteiger partial charge on any atom is -0.366 e. The molecule has 2 amide bonds. The number of carbonyl (C=O) groups excluding carboxylic acids is 2. The van der Waals surface area contributed by atoms with Crippen LogP contribution in [0, 0.1) is 13.8 Å². The van der Waals surface area contributed by atoms with E-state index in [4.69, 9.17) is 5.73 Å². The third-order valence-electron chi connectivity index (χ3n) is 3.87. The number of benzene rings is 1. The maximum atomic E-state index is 12.2. The van der Waals surface area contributed by atoms with Gasteiger partial charge in [-0.3, -0.25) is 14.3 Å². The number of carbonyl (C=O) groups is 2. The van der Waals surface area contributed by atoms with Gasteiger partial charge in [-0.1, -0.05) is 12.1 Å². The molecule has 2 aromatic rings. The molecule has 0 aliphatic rings. The summed E-state index contributed by atoms with van der Waals surface area (Å²) in [6.45, 7) is 8.30. The number of hydrogen-bond acceptors (Lipinski definition) is 3. The maximum absolute atomic E-state index is 12.2. The molecule has 0 saturated heterocycles. The van der Waals surface area contributed by atoms with Gasteiger partial charge in [-0.05, 0) is 44.0 Å². The van der Waals surface area contributed by atoms with Crippen molar-refractivity contribution < 1.29 is 9.59 Å². The van der Waals surface area contributed by atoms with Crippen LogP contribution in [0.15, 0.2) is 36.9 Å². The minimum atomic E-state index is -0.521. The summed E-state index contributed by atoms with van der Waals surface area (Å²) in [4.78, 5) is 23.3. The van der Waals surface area contributed by atoms with Gasteiger partial charge in [-0.15, -0.1) is 6.58 Å². The number of nitrogens with zero attached hydrogens (tertiary/aromatic N) is 2. The first-order chi connectivity index (χ1) is 11.4. The van der Waals surface area contributed by atoms with Crippen LogP contribution in [0.2, 0.25) is 0 Å². The van der Waals surface area contributed by atoms with Gasteiger partial charge in [0.1, 0.15) is 0 Å². The summed E-state index contributed by atoms with van der Waals surface area (Å²) in [6, 6.07) is 6.59. The van der Waals surface area contributed by atoms with E-state index in [1.807, 2.05) is 18.5 Å². The van der Waals surface area contributed by atoms with Crippen molar-refractivity contribution in [1.82, 2.24) is 9.78 Å². The number of amides is 2. The van der Waals surface area contributed by atoms with Crippen molar-refractivity contribution >= 4 is 17.5 Å². The molecular formula is C18H22N4O2. The molecule has 0 aliphatic carbocycles. The average molecular weight is 326 g/mol. The number of aromatic nitrogens is 2. The molecule has 0 atom stereocenters. The van der Waals surface area contributed by atoms with Crippen LogP contribution in [-0.4, -0.2) is 21.6 Å². The Bertz CT molecular complexity index is 777. The highest BCUT2D eigenvalue weighted by molar-refractivity contribution is 5.96. The quantitative estimate of drug-likeness (QED) is 0.765. The second-order valence-electron chi connectivity index (χ2n) is 5.61. The smallest absolute Gasteiger partial charge is 0.248 e. The van der Waals surface area contributed by atoms with E-state index in [9.17, 15) is 9.59 Å². The van der Waals surface area contributed by atoms with Crippen molar-refractivity contribution in [3.8, 4) is 0 Å². The zero-order chi connectivity index (χ0) is 17.7. The number of anilines is 1. The molecule has 3 N–H and O–H groups in total. The molecule has 1 heterocycles. The molecule has 0 radical (unpaired) electrons. The molecule has 0 spiro atoms. The topological polar surface area (TPSA) is 90.0 Å². The van der Waals surface area contributed by atoms with E-state index in [2.05, 4.69) is 17.0 Å². The standard InChI is InChI=1S/C18H22N4O2/c1-4-10-22-13(3)16(12(2)21-22)8-9-17(23)20-15-7-5-6-14(11-15)18(19)24/h4-7,11H,1,8-10H2,2-3H3,(H2,19,24)(H,20,23). The number of allylic oxidation sites excluding steroid dienone is 1. The molecule has 1 aromatic carbocycles. The third-order valence-corrected chi connectivity index (χ3v) is 3.87. The summed E-state index contributed by atoms with van der Waals surface area (Å²) in [5, 5.41) is 7.24. The highest BCUT2D eigenvalue weighted by Gasteiger charge is 2.13. The average Bonchev–Trinajstić information content (AvgIpc) is 2.80. The zero-order valence-corrected chi connectivity index (χ0v) is 14.0.